The lowest BCUT2D eigenvalue weighted by atomic mass is 10.0. The molecule has 7 nitrogen and oxygen atoms in total. The van der Waals surface area contributed by atoms with Crippen LogP contribution in [-0.2, 0) is 19.1 Å². The van der Waals surface area contributed by atoms with Crippen LogP contribution in [0.4, 0.5) is 0 Å². The molecule has 21 heavy (non-hydrogen) atoms. The highest BCUT2D eigenvalue weighted by molar-refractivity contribution is 6.30. The van der Waals surface area contributed by atoms with Crippen LogP contribution >= 0.6 is 11.6 Å². The Morgan fingerprint density at radius 1 is 1.48 bits per heavy atom. The number of ketones is 1. The van der Waals surface area contributed by atoms with E-state index in [9.17, 15) is 14.4 Å². The number of carboxylic acid groups (broad SMARTS) is 1. The summed E-state index contributed by atoms with van der Waals surface area (Å²) in [4.78, 5) is 34.8. The number of nitrogens with zero attached hydrogens (tertiary/aromatic N) is 1. The Hall–Kier alpha value is -1.18. The molecule has 8 heteroatoms. The molecule has 0 aromatic rings. The Bertz CT molecular complexity index is 404. The number of alkyl halides is 1. The molecule has 1 aliphatic rings. The number of nitrogens with one attached hydrogen (secondary N) is 1. The Balaban J connectivity index is 2.62. The minimum absolute atomic E-state index is 0.190. The van der Waals surface area contributed by atoms with Crippen LogP contribution in [0.2, 0.25) is 0 Å². The van der Waals surface area contributed by atoms with Gasteiger partial charge in [-0.2, -0.15) is 0 Å². The third kappa shape index (κ3) is 4.66. The maximum Gasteiger partial charge on any atom is 0.342 e. The molecule has 2 N–H and O–H groups in total. The molecule has 0 aromatic heterocycles. The van der Waals surface area contributed by atoms with E-state index in [0.29, 0.717) is 6.54 Å². The molecule has 0 saturated carbocycles. The van der Waals surface area contributed by atoms with Crippen LogP contribution in [0.5, 0.6) is 0 Å². The number of amides is 1. The van der Waals surface area contributed by atoms with Gasteiger partial charge in [-0.3, -0.25) is 14.5 Å². The molecule has 0 bridgehead atoms. The summed E-state index contributed by atoms with van der Waals surface area (Å²) in [7, 11) is 0. The van der Waals surface area contributed by atoms with Crippen LogP contribution in [0.3, 0.4) is 0 Å². The van der Waals surface area contributed by atoms with Crippen molar-refractivity contribution in [1.29, 1.82) is 0 Å². The van der Waals surface area contributed by atoms with Gasteiger partial charge in [-0.1, -0.05) is 31.4 Å². The summed E-state index contributed by atoms with van der Waals surface area (Å²) in [6, 6.07) is -0.651. The number of carbonyl (C=O) groups excluding carboxylic acids is 2. The van der Waals surface area contributed by atoms with Crippen molar-refractivity contribution >= 4 is 29.3 Å². The molecule has 0 aromatic carbocycles. The monoisotopic (exact) mass is 320 g/mol. The minimum Gasteiger partial charge on any atom is -0.479 e. The number of carboxylic acids is 1. The molecule has 1 fully saturated rings. The molecular formula is C13H21ClN2O5. The van der Waals surface area contributed by atoms with Crippen LogP contribution in [0.1, 0.15) is 33.1 Å². The van der Waals surface area contributed by atoms with Gasteiger partial charge in [0.25, 0.3) is 0 Å². The van der Waals surface area contributed by atoms with Crippen LogP contribution < -0.4 is 5.32 Å². The maximum absolute atomic E-state index is 12.0. The first-order valence-electron chi connectivity index (χ1n) is 6.93. The van der Waals surface area contributed by atoms with E-state index in [1.807, 2.05) is 0 Å². The molecule has 1 amide bonds. The summed E-state index contributed by atoms with van der Waals surface area (Å²) in [5, 5.41) is 11.9. The first kappa shape index (κ1) is 17.9. The zero-order valence-electron chi connectivity index (χ0n) is 12.2. The Labute approximate surface area is 128 Å². The number of hydrogen-bond acceptors (Lipinski definition) is 5. The number of aliphatic carboxylic acids is 1. The van der Waals surface area contributed by atoms with Crippen LogP contribution in [0, 0.1) is 0 Å². The molecule has 1 heterocycles. The number of hydrogen-bond donors (Lipinski definition) is 2. The normalized spacial score (nSPS) is 22.8. The number of halogens is 1. The van der Waals surface area contributed by atoms with Crippen molar-refractivity contribution in [3.8, 4) is 0 Å². The average molecular weight is 321 g/mol. The van der Waals surface area contributed by atoms with E-state index in [1.165, 1.54) is 6.92 Å². The fraction of sp³-hybridized carbons (Fsp3) is 0.769. The lowest BCUT2D eigenvalue weighted by Crippen LogP contribution is -2.73. The molecule has 1 rings (SSSR count). The zero-order chi connectivity index (χ0) is 16.0. The van der Waals surface area contributed by atoms with Gasteiger partial charge in [-0.25, -0.2) is 4.79 Å². The third-order valence-electron chi connectivity index (χ3n) is 3.13. The molecular weight excluding hydrogens is 300 g/mol. The van der Waals surface area contributed by atoms with Crippen molar-refractivity contribution in [3.05, 3.63) is 0 Å². The van der Waals surface area contributed by atoms with Gasteiger partial charge < -0.3 is 15.2 Å². The number of ether oxygens (including phenoxy) is 1. The highest BCUT2D eigenvalue weighted by atomic mass is 35.5. The summed E-state index contributed by atoms with van der Waals surface area (Å²) in [5.41, 5.74) is -1.50. The average Bonchev–Trinajstić information content (AvgIpc) is 2.42. The first-order chi connectivity index (χ1) is 9.90. The Morgan fingerprint density at radius 2 is 2.14 bits per heavy atom. The van der Waals surface area contributed by atoms with Crippen LogP contribution in [0.25, 0.3) is 0 Å². The summed E-state index contributed by atoms with van der Waals surface area (Å²) >= 11 is 5.68. The van der Waals surface area contributed by atoms with Crippen molar-refractivity contribution in [2.45, 2.75) is 50.9 Å². The summed E-state index contributed by atoms with van der Waals surface area (Å²) in [6.45, 7) is 3.85. The van der Waals surface area contributed by atoms with Crippen LogP contribution in [-0.4, -0.2) is 58.6 Å². The standard InChI is InChI=1S/C13H21ClN2O5/c1-3-4-5-6-15-9-11(18)16(10(14)13(19)20)12(9)21-7-8(2)17/h9-10,12,15H,3-7H2,1-2H3,(H,19,20)/t9-,10?,12?/m1/s1. The number of β-lactam (4-membered cyclic amide) rings is 1. The quantitative estimate of drug-likeness (QED) is 0.264. The molecule has 2 unspecified atom stereocenters. The van der Waals surface area contributed by atoms with E-state index in [4.69, 9.17) is 21.4 Å². The number of rotatable bonds is 10. The van der Waals surface area contributed by atoms with Crippen molar-refractivity contribution < 1.29 is 24.2 Å². The maximum atomic E-state index is 12.0. The predicted molar refractivity (Wildman–Crippen MR) is 75.9 cm³/mol. The summed E-state index contributed by atoms with van der Waals surface area (Å²) in [6.07, 6.45) is 2.16. The van der Waals surface area contributed by atoms with Crippen LogP contribution in [0.15, 0.2) is 0 Å². The van der Waals surface area contributed by atoms with Gasteiger partial charge in [0.15, 0.2) is 12.0 Å². The van der Waals surface area contributed by atoms with E-state index in [-0.39, 0.29) is 12.4 Å². The summed E-state index contributed by atoms with van der Waals surface area (Å²) in [5.74, 6) is -1.96. The lowest BCUT2D eigenvalue weighted by Gasteiger charge is -2.47. The highest BCUT2D eigenvalue weighted by Gasteiger charge is 2.52. The second kappa shape index (κ2) is 8.31. The number of Topliss-reactive ketones (excluding diaryl/α,β-unsaturated/α-hetero) is 1. The van der Waals surface area contributed by atoms with E-state index in [1.54, 1.807) is 0 Å². The SMILES string of the molecule is CCCCCN[C@@H]1C(=O)N(C(Cl)C(=O)O)C1OCC(C)=O. The Morgan fingerprint density at radius 3 is 2.67 bits per heavy atom. The van der Waals surface area contributed by atoms with Gasteiger partial charge in [0, 0.05) is 0 Å². The fourth-order valence-corrected chi connectivity index (χ4v) is 2.25. The molecule has 120 valence electrons. The lowest BCUT2D eigenvalue weighted by molar-refractivity contribution is -0.191. The van der Waals surface area contributed by atoms with Gasteiger partial charge in [0.1, 0.15) is 12.6 Å². The largest absolute Gasteiger partial charge is 0.479 e. The molecule has 1 aliphatic heterocycles. The van der Waals surface area contributed by atoms with E-state index < -0.39 is 29.6 Å². The second-order valence-corrected chi connectivity index (χ2v) is 5.38. The molecule has 0 radical (unpaired) electrons. The minimum atomic E-state index is -1.50. The van der Waals surface area contributed by atoms with Gasteiger partial charge >= 0.3 is 5.97 Å². The van der Waals surface area contributed by atoms with Gasteiger partial charge in [0.2, 0.25) is 11.4 Å². The second-order valence-electron chi connectivity index (χ2n) is 4.96. The van der Waals surface area contributed by atoms with E-state index in [2.05, 4.69) is 12.2 Å². The molecule has 0 spiro atoms. The molecule has 1 saturated heterocycles. The van der Waals surface area contributed by atoms with E-state index in [0.717, 1.165) is 24.2 Å². The van der Waals surface area contributed by atoms with Crippen molar-refractivity contribution in [2.24, 2.45) is 0 Å². The molecule has 0 aliphatic carbocycles. The summed E-state index contributed by atoms with van der Waals surface area (Å²) < 4.78 is 5.31. The van der Waals surface area contributed by atoms with E-state index >= 15 is 0 Å². The number of likely N-dealkylation sites (tertiary alicyclic amines) is 1. The van der Waals surface area contributed by atoms with Gasteiger partial charge in [-0.15, -0.1) is 0 Å². The Kier molecular flexibility index (Phi) is 7.07. The third-order valence-corrected chi connectivity index (χ3v) is 3.53. The van der Waals surface area contributed by atoms with Crippen molar-refractivity contribution in [2.75, 3.05) is 13.2 Å². The van der Waals surface area contributed by atoms with Crippen molar-refractivity contribution in [3.63, 3.8) is 0 Å². The molecule has 3 atom stereocenters. The van der Waals surface area contributed by atoms with Gasteiger partial charge in [-0.05, 0) is 19.9 Å². The highest BCUT2D eigenvalue weighted by Crippen LogP contribution is 2.26. The van der Waals surface area contributed by atoms with Crippen molar-refractivity contribution in [1.82, 2.24) is 10.2 Å². The smallest absolute Gasteiger partial charge is 0.342 e. The topological polar surface area (TPSA) is 95.9 Å². The predicted octanol–water partition coefficient (Wildman–Crippen LogP) is 0.558. The zero-order valence-corrected chi connectivity index (χ0v) is 12.9. The number of carbonyl (C=O) groups is 3. The first-order valence-corrected chi connectivity index (χ1v) is 7.37. The van der Waals surface area contributed by atoms with Gasteiger partial charge in [0.05, 0.1) is 0 Å². The number of unbranched alkanes of at least 4 members (excludes halogenated alkanes) is 2. The fourth-order valence-electron chi connectivity index (χ4n) is 2.05.